The lowest BCUT2D eigenvalue weighted by atomic mass is 10.1. The van der Waals surface area contributed by atoms with E-state index in [1.165, 1.54) is 7.11 Å². The number of benzene rings is 1. The molecule has 3 nitrogen and oxygen atoms in total. The number of methoxy groups -OCH3 is 1. The fourth-order valence-electron chi connectivity index (χ4n) is 1.54. The Kier molecular flexibility index (Phi) is 5.35. The van der Waals surface area contributed by atoms with Gasteiger partial charge in [0, 0.05) is 12.7 Å². The Morgan fingerprint density at radius 3 is 2.32 bits per heavy atom. The minimum Gasteiger partial charge on any atom is -0.383 e. The Balaban J connectivity index is 2.73. The van der Waals surface area contributed by atoms with Crippen LogP contribution in [0.5, 0.6) is 0 Å². The molecule has 1 unspecified atom stereocenters. The predicted octanol–water partition coefficient (Wildman–Crippen LogP) is 2.86. The van der Waals surface area contributed by atoms with Gasteiger partial charge in [0.2, 0.25) is 0 Å². The van der Waals surface area contributed by atoms with Gasteiger partial charge in [0.25, 0.3) is 5.91 Å². The smallest absolute Gasteiger partial charge is 0.383 e. The van der Waals surface area contributed by atoms with E-state index < -0.39 is 17.6 Å². The molecule has 1 aromatic carbocycles. The lowest BCUT2D eigenvalue weighted by Gasteiger charge is -2.16. The molecule has 0 spiro atoms. The highest BCUT2D eigenvalue weighted by Crippen LogP contribution is 2.29. The predicted molar refractivity (Wildman–Crippen MR) is 64.9 cm³/mol. The fraction of sp³-hybridized carbons (Fsp3) is 0.462. The van der Waals surface area contributed by atoms with Crippen LogP contribution in [0.15, 0.2) is 24.3 Å². The zero-order chi connectivity index (χ0) is 14.5. The Bertz CT molecular complexity index is 415. The van der Waals surface area contributed by atoms with Crippen LogP contribution in [0.2, 0.25) is 0 Å². The third-order valence-electron chi connectivity index (χ3n) is 2.67. The minimum atomic E-state index is -4.39. The summed E-state index contributed by atoms with van der Waals surface area (Å²) in [6.07, 6.45) is -3.71. The van der Waals surface area contributed by atoms with E-state index in [1.807, 2.05) is 6.92 Å². The lowest BCUT2D eigenvalue weighted by Crippen LogP contribution is -2.37. The highest BCUT2D eigenvalue weighted by atomic mass is 19.4. The van der Waals surface area contributed by atoms with Crippen LogP contribution in [-0.4, -0.2) is 25.7 Å². The second-order valence-electron chi connectivity index (χ2n) is 4.11. The Morgan fingerprint density at radius 2 is 1.89 bits per heavy atom. The number of amides is 1. The second kappa shape index (κ2) is 6.56. The van der Waals surface area contributed by atoms with Gasteiger partial charge in [-0.05, 0) is 30.7 Å². The largest absolute Gasteiger partial charge is 0.416 e. The van der Waals surface area contributed by atoms with E-state index in [1.54, 1.807) is 0 Å². The van der Waals surface area contributed by atoms with E-state index in [0.717, 1.165) is 24.3 Å². The topological polar surface area (TPSA) is 38.3 Å². The minimum absolute atomic E-state index is 0.153. The number of hydrogen-bond donors (Lipinski definition) is 1. The van der Waals surface area contributed by atoms with Crippen molar-refractivity contribution in [2.75, 3.05) is 13.7 Å². The number of ether oxygens (including phenoxy) is 1. The molecule has 1 atom stereocenters. The summed E-state index contributed by atoms with van der Waals surface area (Å²) in [4.78, 5) is 11.8. The zero-order valence-electron chi connectivity index (χ0n) is 10.8. The maximum atomic E-state index is 12.4. The van der Waals surface area contributed by atoms with Crippen molar-refractivity contribution in [3.8, 4) is 0 Å². The summed E-state index contributed by atoms with van der Waals surface area (Å²) in [5.74, 6) is -0.405. The summed E-state index contributed by atoms with van der Waals surface area (Å²) in [5, 5.41) is 2.70. The van der Waals surface area contributed by atoms with Crippen molar-refractivity contribution in [1.29, 1.82) is 0 Å². The summed E-state index contributed by atoms with van der Waals surface area (Å²) in [6, 6.07) is 3.97. The van der Waals surface area contributed by atoms with Gasteiger partial charge in [-0.2, -0.15) is 13.2 Å². The van der Waals surface area contributed by atoms with E-state index >= 15 is 0 Å². The Hall–Kier alpha value is -1.56. The number of nitrogens with one attached hydrogen (secondary N) is 1. The van der Waals surface area contributed by atoms with E-state index in [-0.39, 0.29) is 11.6 Å². The summed E-state index contributed by atoms with van der Waals surface area (Å²) in [7, 11) is 1.52. The molecule has 6 heteroatoms. The quantitative estimate of drug-likeness (QED) is 0.897. The third-order valence-corrected chi connectivity index (χ3v) is 2.67. The molecule has 1 amide bonds. The first-order chi connectivity index (χ1) is 8.88. The zero-order valence-corrected chi connectivity index (χ0v) is 10.8. The van der Waals surface area contributed by atoms with Crippen molar-refractivity contribution in [2.45, 2.75) is 25.6 Å². The molecule has 0 heterocycles. The Labute approximate surface area is 109 Å². The van der Waals surface area contributed by atoms with Gasteiger partial charge in [-0.15, -0.1) is 0 Å². The van der Waals surface area contributed by atoms with Gasteiger partial charge in [0.05, 0.1) is 18.2 Å². The van der Waals surface area contributed by atoms with E-state index in [9.17, 15) is 18.0 Å². The number of halogens is 3. The monoisotopic (exact) mass is 275 g/mol. The van der Waals surface area contributed by atoms with Crippen molar-refractivity contribution < 1.29 is 22.7 Å². The summed E-state index contributed by atoms with van der Waals surface area (Å²) in [6.45, 7) is 2.25. The maximum absolute atomic E-state index is 12.4. The van der Waals surface area contributed by atoms with Crippen LogP contribution < -0.4 is 5.32 Å². The second-order valence-corrected chi connectivity index (χ2v) is 4.11. The van der Waals surface area contributed by atoms with E-state index in [0.29, 0.717) is 13.0 Å². The molecule has 0 bridgehead atoms. The van der Waals surface area contributed by atoms with Gasteiger partial charge in [0.15, 0.2) is 0 Å². The molecule has 0 aliphatic rings. The highest BCUT2D eigenvalue weighted by Gasteiger charge is 2.30. The molecule has 1 rings (SSSR count). The molecule has 0 radical (unpaired) electrons. The SMILES string of the molecule is CCC(COC)NC(=O)c1ccc(C(F)(F)F)cc1. The molecule has 0 saturated carbocycles. The molecule has 0 aliphatic heterocycles. The average molecular weight is 275 g/mol. The molecule has 0 aromatic heterocycles. The van der Waals surface area contributed by atoms with Crippen molar-refractivity contribution in [3.05, 3.63) is 35.4 Å². The van der Waals surface area contributed by atoms with Gasteiger partial charge >= 0.3 is 6.18 Å². The molecular weight excluding hydrogens is 259 g/mol. The number of carbonyl (C=O) groups excluding carboxylic acids is 1. The molecule has 0 fully saturated rings. The molecular formula is C13H16F3NO2. The van der Waals surface area contributed by atoms with Crippen molar-refractivity contribution in [2.24, 2.45) is 0 Å². The standard InChI is InChI=1S/C13H16F3NO2/c1-3-11(8-19-2)17-12(18)9-4-6-10(7-5-9)13(14,15)16/h4-7,11H,3,8H2,1-2H3,(H,17,18). The van der Waals surface area contributed by atoms with Crippen LogP contribution in [0.4, 0.5) is 13.2 Å². The van der Waals surface area contributed by atoms with Crippen LogP contribution >= 0.6 is 0 Å². The van der Waals surface area contributed by atoms with E-state index in [4.69, 9.17) is 4.74 Å². The van der Waals surface area contributed by atoms with Crippen molar-refractivity contribution in [3.63, 3.8) is 0 Å². The van der Waals surface area contributed by atoms with Gasteiger partial charge in [0.1, 0.15) is 0 Å². The normalized spacial score (nSPS) is 13.1. The molecule has 0 aliphatic carbocycles. The fourth-order valence-corrected chi connectivity index (χ4v) is 1.54. The van der Waals surface area contributed by atoms with Crippen LogP contribution in [0.1, 0.15) is 29.3 Å². The molecule has 1 aromatic rings. The maximum Gasteiger partial charge on any atom is 0.416 e. The summed E-state index contributed by atoms with van der Waals surface area (Å²) < 4.78 is 42.0. The molecule has 1 N–H and O–H groups in total. The Morgan fingerprint density at radius 1 is 1.32 bits per heavy atom. The van der Waals surface area contributed by atoms with Crippen molar-refractivity contribution in [1.82, 2.24) is 5.32 Å². The first-order valence-electron chi connectivity index (χ1n) is 5.85. The first kappa shape index (κ1) is 15.5. The van der Waals surface area contributed by atoms with Gasteiger partial charge in [-0.3, -0.25) is 4.79 Å². The highest BCUT2D eigenvalue weighted by molar-refractivity contribution is 5.94. The molecule has 19 heavy (non-hydrogen) atoms. The van der Waals surface area contributed by atoms with Crippen LogP contribution in [-0.2, 0) is 10.9 Å². The number of carbonyl (C=O) groups is 1. The van der Waals surface area contributed by atoms with Gasteiger partial charge in [-0.1, -0.05) is 6.92 Å². The number of rotatable bonds is 5. The number of alkyl halides is 3. The number of hydrogen-bond acceptors (Lipinski definition) is 2. The molecule has 106 valence electrons. The van der Waals surface area contributed by atoms with Crippen LogP contribution in [0.25, 0.3) is 0 Å². The van der Waals surface area contributed by atoms with Crippen molar-refractivity contribution >= 4 is 5.91 Å². The third kappa shape index (κ3) is 4.55. The van der Waals surface area contributed by atoms with E-state index in [2.05, 4.69) is 5.32 Å². The first-order valence-corrected chi connectivity index (χ1v) is 5.85. The molecule has 0 saturated heterocycles. The van der Waals surface area contributed by atoms with Crippen LogP contribution in [0, 0.1) is 0 Å². The summed E-state index contributed by atoms with van der Waals surface area (Å²) >= 11 is 0. The van der Waals surface area contributed by atoms with Gasteiger partial charge < -0.3 is 10.1 Å². The average Bonchev–Trinajstić information content (AvgIpc) is 2.37. The van der Waals surface area contributed by atoms with Crippen LogP contribution in [0.3, 0.4) is 0 Å². The summed E-state index contributed by atoms with van der Waals surface area (Å²) in [5.41, 5.74) is -0.574. The van der Waals surface area contributed by atoms with Gasteiger partial charge in [-0.25, -0.2) is 0 Å². The lowest BCUT2D eigenvalue weighted by molar-refractivity contribution is -0.137.